The Morgan fingerprint density at radius 3 is 2.14 bits per heavy atom. The van der Waals surface area contributed by atoms with Gasteiger partial charge in [0.05, 0.1) is 12.7 Å². The van der Waals surface area contributed by atoms with Crippen molar-refractivity contribution in [3.05, 3.63) is 29.3 Å². The Morgan fingerprint density at radius 1 is 1.14 bits per heavy atom. The van der Waals surface area contributed by atoms with Crippen LogP contribution in [0.25, 0.3) is 0 Å². The van der Waals surface area contributed by atoms with Gasteiger partial charge >= 0.3 is 5.97 Å². The second-order valence-corrected chi connectivity index (χ2v) is 7.42. The molecule has 0 aromatic heterocycles. The predicted molar refractivity (Wildman–Crippen MR) is 87.1 cm³/mol. The zero-order valence-electron chi connectivity index (χ0n) is 12.9. The summed E-state index contributed by atoms with van der Waals surface area (Å²) in [5.41, 5.74) is 1.72. The Balaban J connectivity index is 0.00000144. The Morgan fingerprint density at radius 2 is 1.68 bits per heavy atom. The van der Waals surface area contributed by atoms with Crippen LogP contribution in [0.15, 0.2) is 18.2 Å². The molecule has 4 aliphatic rings. The summed E-state index contributed by atoms with van der Waals surface area (Å²) < 4.78 is 5.58. The lowest BCUT2D eigenvalue weighted by molar-refractivity contribution is -0.00618. The minimum atomic E-state index is -0.844. The van der Waals surface area contributed by atoms with Crippen LogP contribution < -0.4 is 4.74 Å². The molecule has 1 N–H and O–H groups in total. The molecule has 4 aliphatic carbocycles. The van der Waals surface area contributed by atoms with E-state index in [9.17, 15) is 9.90 Å². The molecular weight excluding hydrogens is 300 g/mol. The summed E-state index contributed by atoms with van der Waals surface area (Å²) in [6, 6.07) is 5.39. The molecule has 0 unspecified atom stereocenters. The molecule has 4 heteroatoms. The van der Waals surface area contributed by atoms with E-state index in [1.54, 1.807) is 13.2 Å². The van der Waals surface area contributed by atoms with E-state index < -0.39 is 5.97 Å². The number of carboxylic acids is 1. The Hall–Kier alpha value is -1.22. The molecule has 120 valence electrons. The third-order valence-corrected chi connectivity index (χ3v) is 6.06. The van der Waals surface area contributed by atoms with Gasteiger partial charge in [0.2, 0.25) is 0 Å². The molecule has 0 saturated heterocycles. The van der Waals surface area contributed by atoms with Crippen molar-refractivity contribution in [2.75, 3.05) is 7.11 Å². The fraction of sp³-hybridized carbons (Fsp3) is 0.611. The number of hydrogen-bond donors (Lipinski definition) is 1. The van der Waals surface area contributed by atoms with Crippen LogP contribution in [0, 0.1) is 17.8 Å². The van der Waals surface area contributed by atoms with E-state index in [-0.39, 0.29) is 17.8 Å². The number of rotatable bonds is 3. The molecule has 0 radical (unpaired) electrons. The lowest BCUT2D eigenvalue weighted by Gasteiger charge is -2.57. The van der Waals surface area contributed by atoms with Crippen molar-refractivity contribution in [2.24, 2.45) is 17.8 Å². The van der Waals surface area contributed by atoms with Crippen LogP contribution in [0.1, 0.15) is 54.4 Å². The topological polar surface area (TPSA) is 46.5 Å². The third kappa shape index (κ3) is 2.30. The van der Waals surface area contributed by atoms with Crippen LogP contribution >= 0.6 is 12.4 Å². The lowest BCUT2D eigenvalue weighted by Crippen LogP contribution is -2.48. The largest absolute Gasteiger partial charge is 0.496 e. The molecule has 0 aliphatic heterocycles. The van der Waals surface area contributed by atoms with Gasteiger partial charge in [-0.3, -0.25) is 0 Å². The molecule has 3 nitrogen and oxygen atoms in total. The monoisotopic (exact) mass is 322 g/mol. The maximum Gasteiger partial charge on any atom is 0.335 e. The average Bonchev–Trinajstić information content (AvgIpc) is 2.45. The smallest absolute Gasteiger partial charge is 0.335 e. The third-order valence-electron chi connectivity index (χ3n) is 6.06. The molecule has 1 aromatic carbocycles. The van der Waals surface area contributed by atoms with Crippen LogP contribution in [0.4, 0.5) is 0 Å². The van der Waals surface area contributed by atoms with Crippen molar-refractivity contribution in [2.45, 2.75) is 43.9 Å². The molecule has 0 heterocycles. The fourth-order valence-electron chi connectivity index (χ4n) is 5.70. The standard InChI is InChI=1S/C18H22O3.ClH/c1-21-16-3-2-14(17(19)20)7-15(16)18-8-11-4-12(9-18)6-13(5-11)10-18;/h2-3,7,11-13H,4-6,8-10H2,1H3,(H,19,20);1H. The van der Waals surface area contributed by atoms with Crippen LogP contribution in [0.3, 0.4) is 0 Å². The van der Waals surface area contributed by atoms with Crippen molar-refractivity contribution in [1.29, 1.82) is 0 Å². The number of ether oxygens (including phenoxy) is 1. The van der Waals surface area contributed by atoms with Gasteiger partial charge < -0.3 is 9.84 Å². The number of halogens is 1. The molecule has 0 spiro atoms. The molecule has 4 bridgehead atoms. The first-order chi connectivity index (χ1) is 10.1. The summed E-state index contributed by atoms with van der Waals surface area (Å²) in [7, 11) is 1.69. The summed E-state index contributed by atoms with van der Waals surface area (Å²) in [6.45, 7) is 0. The average molecular weight is 323 g/mol. The van der Waals surface area contributed by atoms with E-state index in [1.165, 1.54) is 38.5 Å². The summed E-state index contributed by atoms with van der Waals surface area (Å²) in [6.07, 6.45) is 7.83. The molecule has 4 saturated carbocycles. The normalized spacial score (nSPS) is 35.0. The summed E-state index contributed by atoms with van der Waals surface area (Å²) in [4.78, 5) is 11.3. The van der Waals surface area contributed by atoms with Crippen LogP contribution in [-0.4, -0.2) is 18.2 Å². The number of hydrogen-bond acceptors (Lipinski definition) is 2. The van der Waals surface area contributed by atoms with Gasteiger partial charge in [-0.2, -0.15) is 0 Å². The lowest BCUT2D eigenvalue weighted by atomic mass is 9.48. The van der Waals surface area contributed by atoms with E-state index in [0.29, 0.717) is 5.56 Å². The number of methoxy groups -OCH3 is 1. The minimum absolute atomic E-state index is 0. The van der Waals surface area contributed by atoms with Gasteiger partial charge in [0, 0.05) is 5.56 Å². The highest BCUT2D eigenvalue weighted by atomic mass is 35.5. The van der Waals surface area contributed by atoms with E-state index in [0.717, 1.165) is 29.1 Å². The van der Waals surface area contributed by atoms with Gasteiger partial charge in [-0.25, -0.2) is 4.79 Å². The zero-order chi connectivity index (χ0) is 14.6. The molecule has 5 rings (SSSR count). The van der Waals surface area contributed by atoms with Crippen molar-refractivity contribution in [3.8, 4) is 5.75 Å². The Kier molecular flexibility index (Phi) is 3.88. The Labute approximate surface area is 137 Å². The number of carboxylic acid groups (broad SMARTS) is 1. The maximum atomic E-state index is 11.3. The first kappa shape index (κ1) is 15.7. The van der Waals surface area contributed by atoms with Crippen LogP contribution in [-0.2, 0) is 5.41 Å². The number of aromatic carboxylic acids is 1. The molecule has 0 atom stereocenters. The van der Waals surface area contributed by atoms with E-state index in [4.69, 9.17) is 4.74 Å². The highest BCUT2D eigenvalue weighted by Crippen LogP contribution is 2.61. The SMILES string of the molecule is COc1ccc(C(=O)O)cc1C12CC3CC(CC(C3)C1)C2.Cl. The fourth-order valence-corrected chi connectivity index (χ4v) is 5.70. The van der Waals surface area contributed by atoms with Gasteiger partial charge in [-0.05, 0) is 79.9 Å². The highest BCUT2D eigenvalue weighted by molar-refractivity contribution is 5.88. The molecular formula is C18H23ClO3. The Bertz CT molecular complexity index is 561. The van der Waals surface area contributed by atoms with E-state index in [2.05, 4.69) is 0 Å². The van der Waals surface area contributed by atoms with Gasteiger partial charge in [0.15, 0.2) is 0 Å². The quantitative estimate of drug-likeness (QED) is 0.903. The van der Waals surface area contributed by atoms with Gasteiger partial charge in [0.25, 0.3) is 0 Å². The second kappa shape index (κ2) is 5.45. The second-order valence-electron chi connectivity index (χ2n) is 7.42. The predicted octanol–water partition coefficient (Wildman–Crippen LogP) is 4.28. The maximum absolute atomic E-state index is 11.3. The van der Waals surface area contributed by atoms with Crippen LogP contribution in [0.2, 0.25) is 0 Å². The minimum Gasteiger partial charge on any atom is -0.496 e. The zero-order valence-corrected chi connectivity index (χ0v) is 13.7. The molecule has 4 fully saturated rings. The van der Waals surface area contributed by atoms with Crippen molar-refractivity contribution in [3.63, 3.8) is 0 Å². The molecule has 0 amide bonds. The van der Waals surface area contributed by atoms with Gasteiger partial charge in [-0.1, -0.05) is 0 Å². The summed E-state index contributed by atoms with van der Waals surface area (Å²) in [5.74, 6) is 2.56. The van der Waals surface area contributed by atoms with Crippen molar-refractivity contribution < 1.29 is 14.6 Å². The van der Waals surface area contributed by atoms with Crippen LogP contribution in [0.5, 0.6) is 5.75 Å². The molecule has 1 aromatic rings. The van der Waals surface area contributed by atoms with E-state index >= 15 is 0 Å². The number of carbonyl (C=O) groups is 1. The molecule has 22 heavy (non-hydrogen) atoms. The highest BCUT2D eigenvalue weighted by Gasteiger charge is 2.52. The number of benzene rings is 1. The van der Waals surface area contributed by atoms with Gasteiger partial charge in [-0.15, -0.1) is 12.4 Å². The van der Waals surface area contributed by atoms with Crippen molar-refractivity contribution >= 4 is 18.4 Å². The summed E-state index contributed by atoms with van der Waals surface area (Å²) in [5, 5.41) is 9.31. The first-order valence-corrected chi connectivity index (χ1v) is 8.01. The summed E-state index contributed by atoms with van der Waals surface area (Å²) >= 11 is 0. The first-order valence-electron chi connectivity index (χ1n) is 8.01. The van der Waals surface area contributed by atoms with E-state index in [1.807, 2.05) is 12.1 Å². The van der Waals surface area contributed by atoms with Crippen molar-refractivity contribution in [1.82, 2.24) is 0 Å². The van der Waals surface area contributed by atoms with Gasteiger partial charge in [0.1, 0.15) is 5.75 Å².